The van der Waals surface area contributed by atoms with Gasteiger partial charge in [-0.1, -0.05) is 13.3 Å². The van der Waals surface area contributed by atoms with Crippen LogP contribution in [0, 0.1) is 0 Å². The third-order valence-electron chi connectivity index (χ3n) is 3.13. The van der Waals surface area contributed by atoms with Gasteiger partial charge in [0.15, 0.2) is 0 Å². The SMILES string of the molecule is CCCCOC(=O)N[C@H]1CN(C(=O)N(CC(N)=O)CC(=O)O)C1=O. The summed E-state index contributed by atoms with van der Waals surface area (Å²) in [5, 5.41) is 11.0. The van der Waals surface area contributed by atoms with Gasteiger partial charge in [0, 0.05) is 0 Å². The summed E-state index contributed by atoms with van der Waals surface area (Å²) < 4.78 is 4.83. The standard InChI is InChI=1S/C13H20N4O7/c1-2-3-4-24-12(22)15-8-5-17(11(8)21)13(23)16(6-9(14)18)7-10(19)20/h8H,2-7H2,1H3,(H2,14,18)(H,15,22)(H,19,20)/t8-/m0/s1. The number of hydrogen-bond donors (Lipinski definition) is 3. The molecule has 0 aliphatic carbocycles. The van der Waals surface area contributed by atoms with Crippen molar-refractivity contribution < 1.29 is 33.8 Å². The Morgan fingerprint density at radius 3 is 2.54 bits per heavy atom. The van der Waals surface area contributed by atoms with Crippen LogP contribution in [-0.2, 0) is 19.1 Å². The highest BCUT2D eigenvalue weighted by molar-refractivity contribution is 6.04. The van der Waals surface area contributed by atoms with Crippen molar-refractivity contribution in [3.63, 3.8) is 0 Å². The lowest BCUT2D eigenvalue weighted by Crippen LogP contribution is -2.68. The minimum atomic E-state index is -1.35. The van der Waals surface area contributed by atoms with Crippen LogP contribution in [0.1, 0.15) is 19.8 Å². The molecular weight excluding hydrogens is 324 g/mol. The van der Waals surface area contributed by atoms with Gasteiger partial charge in [0.25, 0.3) is 5.91 Å². The summed E-state index contributed by atoms with van der Waals surface area (Å²) in [6.45, 7) is 0.594. The Bertz CT molecular complexity index is 520. The average molecular weight is 344 g/mol. The van der Waals surface area contributed by atoms with Crippen LogP contribution in [0.15, 0.2) is 0 Å². The van der Waals surface area contributed by atoms with Crippen LogP contribution in [0.2, 0.25) is 0 Å². The number of carboxylic acids is 1. The molecule has 24 heavy (non-hydrogen) atoms. The van der Waals surface area contributed by atoms with Crippen molar-refractivity contribution in [2.75, 3.05) is 26.2 Å². The fraction of sp³-hybridized carbons (Fsp3) is 0.615. The van der Waals surface area contributed by atoms with Crippen molar-refractivity contribution in [1.82, 2.24) is 15.1 Å². The number of unbranched alkanes of at least 4 members (excludes halogenated alkanes) is 1. The smallest absolute Gasteiger partial charge is 0.407 e. The number of hydrogen-bond acceptors (Lipinski definition) is 6. The van der Waals surface area contributed by atoms with Gasteiger partial charge in [0.2, 0.25) is 5.91 Å². The van der Waals surface area contributed by atoms with Crippen molar-refractivity contribution in [2.45, 2.75) is 25.8 Å². The topological polar surface area (TPSA) is 159 Å². The van der Waals surface area contributed by atoms with E-state index in [1.165, 1.54) is 0 Å². The lowest BCUT2D eigenvalue weighted by Gasteiger charge is -2.38. The van der Waals surface area contributed by atoms with E-state index < -0.39 is 49.0 Å². The number of amides is 5. The first-order valence-electron chi connectivity index (χ1n) is 7.30. The average Bonchev–Trinajstić information content (AvgIpc) is 2.48. The Balaban J connectivity index is 2.53. The Hall–Kier alpha value is -2.85. The molecule has 11 nitrogen and oxygen atoms in total. The molecule has 1 saturated heterocycles. The predicted octanol–water partition coefficient (Wildman–Crippen LogP) is -1.28. The Morgan fingerprint density at radius 2 is 2.04 bits per heavy atom. The summed E-state index contributed by atoms with van der Waals surface area (Å²) in [6.07, 6.45) is 0.763. The number of likely N-dealkylation sites (tertiary alicyclic amines) is 1. The number of nitrogens with one attached hydrogen (secondary N) is 1. The number of rotatable bonds is 8. The Morgan fingerprint density at radius 1 is 1.38 bits per heavy atom. The Labute approximate surface area is 137 Å². The van der Waals surface area contributed by atoms with E-state index in [2.05, 4.69) is 5.32 Å². The number of primary amides is 1. The molecule has 0 unspecified atom stereocenters. The first kappa shape index (κ1) is 19.2. The van der Waals surface area contributed by atoms with E-state index in [4.69, 9.17) is 15.6 Å². The predicted molar refractivity (Wildman–Crippen MR) is 78.7 cm³/mol. The first-order chi connectivity index (χ1) is 11.3. The number of alkyl carbamates (subject to hydrolysis) is 1. The third kappa shape index (κ3) is 5.41. The molecule has 0 radical (unpaired) electrons. The maximum Gasteiger partial charge on any atom is 0.407 e. The molecular formula is C13H20N4O7. The fourth-order valence-corrected chi connectivity index (χ4v) is 1.91. The highest BCUT2D eigenvalue weighted by Gasteiger charge is 2.44. The molecule has 0 saturated carbocycles. The summed E-state index contributed by atoms with van der Waals surface area (Å²) in [5.41, 5.74) is 4.95. The van der Waals surface area contributed by atoms with Gasteiger partial charge in [-0.2, -0.15) is 0 Å². The molecule has 134 valence electrons. The number of urea groups is 1. The monoisotopic (exact) mass is 344 g/mol. The van der Waals surface area contributed by atoms with Crippen LogP contribution in [-0.4, -0.2) is 77.1 Å². The van der Waals surface area contributed by atoms with Crippen LogP contribution in [0.4, 0.5) is 9.59 Å². The lowest BCUT2D eigenvalue weighted by atomic mass is 10.1. The van der Waals surface area contributed by atoms with Gasteiger partial charge in [0.05, 0.1) is 13.2 Å². The van der Waals surface area contributed by atoms with Crippen molar-refractivity contribution in [2.24, 2.45) is 5.73 Å². The van der Waals surface area contributed by atoms with Crippen LogP contribution < -0.4 is 11.1 Å². The van der Waals surface area contributed by atoms with Gasteiger partial charge < -0.3 is 25.8 Å². The van der Waals surface area contributed by atoms with Gasteiger partial charge >= 0.3 is 18.1 Å². The fourth-order valence-electron chi connectivity index (χ4n) is 1.91. The minimum absolute atomic E-state index is 0.143. The van der Waals surface area contributed by atoms with Crippen molar-refractivity contribution in [3.8, 4) is 0 Å². The molecule has 0 aromatic carbocycles. The number of ether oxygens (including phenoxy) is 1. The van der Waals surface area contributed by atoms with Crippen LogP contribution in [0.3, 0.4) is 0 Å². The molecule has 0 aromatic rings. The number of nitrogens with two attached hydrogens (primary N) is 1. The number of nitrogens with zero attached hydrogens (tertiary/aromatic N) is 2. The summed E-state index contributed by atoms with van der Waals surface area (Å²) in [7, 11) is 0. The number of carbonyl (C=O) groups excluding carboxylic acids is 4. The minimum Gasteiger partial charge on any atom is -0.480 e. The highest BCUT2D eigenvalue weighted by atomic mass is 16.5. The molecule has 1 atom stereocenters. The number of aliphatic carboxylic acids is 1. The molecule has 1 fully saturated rings. The molecule has 0 spiro atoms. The number of β-lactam (4-membered cyclic amide) rings is 1. The maximum absolute atomic E-state index is 12.1. The highest BCUT2D eigenvalue weighted by Crippen LogP contribution is 2.13. The maximum atomic E-state index is 12.1. The van der Waals surface area contributed by atoms with Crippen LogP contribution >= 0.6 is 0 Å². The number of carboxylic acid groups (broad SMARTS) is 1. The summed E-state index contributed by atoms with van der Waals surface area (Å²) in [5.74, 6) is -2.98. The van der Waals surface area contributed by atoms with Crippen molar-refractivity contribution >= 4 is 29.9 Å². The zero-order valence-electron chi connectivity index (χ0n) is 13.2. The van der Waals surface area contributed by atoms with E-state index in [9.17, 15) is 24.0 Å². The van der Waals surface area contributed by atoms with Gasteiger partial charge in [-0.25, -0.2) is 9.59 Å². The molecule has 0 bridgehead atoms. The van der Waals surface area contributed by atoms with Gasteiger partial charge in [0.1, 0.15) is 19.1 Å². The Kier molecular flexibility index (Phi) is 6.96. The van der Waals surface area contributed by atoms with E-state index in [1.54, 1.807) is 0 Å². The molecule has 11 heteroatoms. The normalized spacial score (nSPS) is 16.1. The largest absolute Gasteiger partial charge is 0.480 e. The zero-order valence-corrected chi connectivity index (χ0v) is 13.2. The van der Waals surface area contributed by atoms with E-state index in [1.807, 2.05) is 6.92 Å². The summed E-state index contributed by atoms with van der Waals surface area (Å²) in [6, 6.07) is -1.89. The van der Waals surface area contributed by atoms with E-state index in [0.717, 1.165) is 11.3 Å². The van der Waals surface area contributed by atoms with Crippen LogP contribution in [0.5, 0.6) is 0 Å². The van der Waals surface area contributed by atoms with Gasteiger partial charge in [-0.15, -0.1) is 0 Å². The number of imide groups is 1. The summed E-state index contributed by atoms with van der Waals surface area (Å²) >= 11 is 0. The second-order valence-corrected chi connectivity index (χ2v) is 5.13. The summed E-state index contributed by atoms with van der Waals surface area (Å²) in [4.78, 5) is 58.4. The molecule has 1 aliphatic heterocycles. The second-order valence-electron chi connectivity index (χ2n) is 5.13. The first-order valence-corrected chi connectivity index (χ1v) is 7.30. The van der Waals surface area contributed by atoms with Crippen molar-refractivity contribution in [1.29, 1.82) is 0 Å². The van der Waals surface area contributed by atoms with Gasteiger partial charge in [-0.3, -0.25) is 19.3 Å². The molecule has 0 aromatic heterocycles. The van der Waals surface area contributed by atoms with Crippen molar-refractivity contribution in [3.05, 3.63) is 0 Å². The van der Waals surface area contributed by atoms with Crippen LogP contribution in [0.25, 0.3) is 0 Å². The van der Waals surface area contributed by atoms with E-state index in [-0.39, 0.29) is 13.2 Å². The second kappa shape index (κ2) is 8.70. The third-order valence-corrected chi connectivity index (χ3v) is 3.13. The molecule has 5 amide bonds. The lowest BCUT2D eigenvalue weighted by molar-refractivity contribution is -0.142. The molecule has 1 heterocycles. The van der Waals surface area contributed by atoms with Gasteiger partial charge in [-0.05, 0) is 6.42 Å². The number of carbonyl (C=O) groups is 5. The molecule has 4 N–H and O–H groups in total. The zero-order chi connectivity index (χ0) is 18.3. The molecule has 1 rings (SSSR count). The molecule has 1 aliphatic rings. The van der Waals surface area contributed by atoms with E-state index >= 15 is 0 Å². The quantitative estimate of drug-likeness (QED) is 0.365. The van der Waals surface area contributed by atoms with E-state index in [0.29, 0.717) is 11.3 Å².